The molecule has 0 aliphatic rings. The molecule has 0 bridgehead atoms. The Morgan fingerprint density at radius 3 is 2.72 bits per heavy atom. The molecule has 0 fully saturated rings. The van der Waals surface area contributed by atoms with E-state index in [2.05, 4.69) is 31.2 Å². The number of hydrogen-bond donors (Lipinski definition) is 1. The van der Waals surface area contributed by atoms with E-state index in [9.17, 15) is 4.79 Å². The summed E-state index contributed by atoms with van der Waals surface area (Å²) in [6.45, 7) is 4.57. The van der Waals surface area contributed by atoms with Crippen LogP contribution in [0.15, 0.2) is 47.2 Å². The van der Waals surface area contributed by atoms with Gasteiger partial charge in [-0.25, -0.2) is 4.98 Å². The number of thiazole rings is 1. The van der Waals surface area contributed by atoms with E-state index < -0.39 is 0 Å². The van der Waals surface area contributed by atoms with Crippen LogP contribution in [0.2, 0.25) is 0 Å². The highest BCUT2D eigenvalue weighted by atomic mass is 79.9. The Hall–Kier alpha value is -2.25. The van der Waals surface area contributed by atoms with Gasteiger partial charge in [0.1, 0.15) is 5.75 Å². The number of carbonyl (C=O) groups excluding carboxylic acids is 1. The molecule has 0 aliphatic heterocycles. The van der Waals surface area contributed by atoms with Crippen molar-refractivity contribution in [3.8, 4) is 17.0 Å². The van der Waals surface area contributed by atoms with E-state index in [1.807, 2.05) is 38.1 Å². The fourth-order valence-electron chi connectivity index (χ4n) is 2.30. The lowest BCUT2D eigenvalue weighted by molar-refractivity contribution is 0.102. The van der Waals surface area contributed by atoms with Crippen LogP contribution < -0.4 is 10.1 Å². The summed E-state index contributed by atoms with van der Waals surface area (Å²) in [4.78, 5) is 21.9. The van der Waals surface area contributed by atoms with Crippen LogP contribution in [0.5, 0.6) is 5.75 Å². The molecule has 3 aromatic rings. The predicted octanol–water partition coefficient (Wildman–Crippen LogP) is 4.93. The van der Waals surface area contributed by atoms with Crippen molar-refractivity contribution in [2.75, 3.05) is 11.9 Å². The highest BCUT2D eigenvalue weighted by Gasteiger charge is 2.14. The number of rotatable bonds is 5. The van der Waals surface area contributed by atoms with Crippen LogP contribution in [-0.4, -0.2) is 22.5 Å². The van der Waals surface area contributed by atoms with Gasteiger partial charge in [0.25, 0.3) is 5.91 Å². The molecule has 128 valence electrons. The maximum Gasteiger partial charge on any atom is 0.259 e. The zero-order valence-corrected chi connectivity index (χ0v) is 16.1. The maximum atomic E-state index is 12.3. The first-order valence-corrected chi connectivity index (χ1v) is 9.30. The van der Waals surface area contributed by atoms with Gasteiger partial charge in [0.15, 0.2) is 5.13 Å². The smallest absolute Gasteiger partial charge is 0.259 e. The SMILES string of the molecule is CCOc1ccc(-c2nc(NC(=O)c3cncc(Br)c3)sc2C)cc1. The van der Waals surface area contributed by atoms with E-state index in [1.54, 1.807) is 12.3 Å². The topological polar surface area (TPSA) is 64.1 Å². The molecule has 0 unspecified atom stereocenters. The predicted molar refractivity (Wildman–Crippen MR) is 103 cm³/mol. The van der Waals surface area contributed by atoms with E-state index in [1.165, 1.54) is 17.5 Å². The molecular formula is C18H16BrN3O2S. The summed E-state index contributed by atoms with van der Waals surface area (Å²) in [5.74, 6) is 0.593. The van der Waals surface area contributed by atoms with Gasteiger partial charge in [-0.05, 0) is 60.1 Å². The lowest BCUT2D eigenvalue weighted by atomic mass is 10.1. The van der Waals surface area contributed by atoms with Crippen molar-refractivity contribution in [2.45, 2.75) is 13.8 Å². The third-order valence-electron chi connectivity index (χ3n) is 3.42. The van der Waals surface area contributed by atoms with Gasteiger partial charge in [0, 0.05) is 27.3 Å². The minimum Gasteiger partial charge on any atom is -0.494 e. The van der Waals surface area contributed by atoms with Gasteiger partial charge < -0.3 is 4.74 Å². The normalized spacial score (nSPS) is 10.5. The quantitative estimate of drug-likeness (QED) is 0.639. The number of aromatic nitrogens is 2. The zero-order valence-electron chi connectivity index (χ0n) is 13.7. The molecule has 25 heavy (non-hydrogen) atoms. The number of aryl methyl sites for hydroxylation is 1. The average Bonchev–Trinajstić information content (AvgIpc) is 2.96. The van der Waals surface area contributed by atoms with Crippen LogP contribution in [0, 0.1) is 6.92 Å². The monoisotopic (exact) mass is 417 g/mol. The molecule has 0 atom stereocenters. The number of nitrogens with zero attached hydrogens (tertiary/aromatic N) is 2. The molecule has 0 radical (unpaired) electrons. The second kappa shape index (κ2) is 7.76. The second-order valence-electron chi connectivity index (χ2n) is 5.23. The van der Waals surface area contributed by atoms with Crippen LogP contribution in [0.1, 0.15) is 22.2 Å². The number of nitrogens with one attached hydrogen (secondary N) is 1. The van der Waals surface area contributed by atoms with Gasteiger partial charge in [-0.15, -0.1) is 11.3 Å². The molecule has 0 saturated carbocycles. The van der Waals surface area contributed by atoms with Crippen molar-refractivity contribution in [2.24, 2.45) is 0 Å². The highest BCUT2D eigenvalue weighted by Crippen LogP contribution is 2.31. The van der Waals surface area contributed by atoms with Crippen molar-refractivity contribution in [1.29, 1.82) is 0 Å². The maximum absolute atomic E-state index is 12.3. The van der Waals surface area contributed by atoms with Gasteiger partial charge in [-0.2, -0.15) is 0 Å². The minimum absolute atomic E-state index is 0.235. The number of benzene rings is 1. The third kappa shape index (κ3) is 4.24. The number of carbonyl (C=O) groups is 1. The molecule has 7 heteroatoms. The van der Waals surface area contributed by atoms with Gasteiger partial charge >= 0.3 is 0 Å². The van der Waals surface area contributed by atoms with Crippen molar-refractivity contribution in [3.63, 3.8) is 0 Å². The summed E-state index contributed by atoms with van der Waals surface area (Å²) in [7, 11) is 0. The first-order chi connectivity index (χ1) is 12.1. The van der Waals surface area contributed by atoms with E-state index >= 15 is 0 Å². The number of ether oxygens (including phenoxy) is 1. The fraction of sp³-hybridized carbons (Fsp3) is 0.167. The van der Waals surface area contributed by atoms with Crippen LogP contribution in [0.25, 0.3) is 11.3 Å². The fourth-order valence-corrected chi connectivity index (χ4v) is 3.49. The molecule has 3 rings (SSSR count). The first-order valence-electron chi connectivity index (χ1n) is 7.69. The summed E-state index contributed by atoms with van der Waals surface area (Å²) >= 11 is 4.76. The van der Waals surface area contributed by atoms with Crippen molar-refractivity contribution < 1.29 is 9.53 Å². The Balaban J connectivity index is 1.79. The van der Waals surface area contributed by atoms with Crippen LogP contribution in [0.3, 0.4) is 0 Å². The van der Waals surface area contributed by atoms with Crippen molar-refractivity contribution in [1.82, 2.24) is 9.97 Å². The van der Waals surface area contributed by atoms with E-state index in [-0.39, 0.29) is 5.91 Å². The van der Waals surface area contributed by atoms with Gasteiger partial charge in [-0.3, -0.25) is 15.1 Å². The van der Waals surface area contributed by atoms with Crippen molar-refractivity contribution >= 4 is 38.3 Å². The summed E-state index contributed by atoms with van der Waals surface area (Å²) < 4.78 is 6.21. The molecule has 1 N–H and O–H groups in total. The molecule has 1 aromatic carbocycles. The molecule has 0 spiro atoms. The lowest BCUT2D eigenvalue weighted by Crippen LogP contribution is -2.11. The minimum atomic E-state index is -0.235. The molecule has 1 amide bonds. The second-order valence-corrected chi connectivity index (χ2v) is 7.35. The van der Waals surface area contributed by atoms with Crippen LogP contribution in [-0.2, 0) is 0 Å². The van der Waals surface area contributed by atoms with Gasteiger partial charge in [-0.1, -0.05) is 0 Å². The summed E-state index contributed by atoms with van der Waals surface area (Å²) in [6, 6.07) is 9.50. The van der Waals surface area contributed by atoms with Crippen molar-refractivity contribution in [3.05, 3.63) is 57.6 Å². The van der Waals surface area contributed by atoms with Gasteiger partial charge in [0.05, 0.1) is 17.9 Å². The Morgan fingerprint density at radius 2 is 2.04 bits per heavy atom. The standard InChI is InChI=1S/C18H16BrN3O2S/c1-3-24-15-6-4-12(5-7-15)16-11(2)25-18(21-16)22-17(23)13-8-14(19)10-20-9-13/h4-10H,3H2,1-2H3,(H,21,22,23). The van der Waals surface area contributed by atoms with E-state index in [0.29, 0.717) is 17.3 Å². The van der Waals surface area contributed by atoms with Gasteiger partial charge in [0.2, 0.25) is 0 Å². The molecule has 5 nitrogen and oxygen atoms in total. The van der Waals surface area contributed by atoms with Crippen LogP contribution >= 0.6 is 27.3 Å². The number of halogens is 1. The Labute approximate surface area is 158 Å². The van der Waals surface area contributed by atoms with E-state index in [0.717, 1.165) is 26.4 Å². The Morgan fingerprint density at radius 1 is 1.28 bits per heavy atom. The lowest BCUT2D eigenvalue weighted by Gasteiger charge is -2.04. The molecule has 2 aromatic heterocycles. The van der Waals surface area contributed by atoms with Crippen LogP contribution in [0.4, 0.5) is 5.13 Å². The third-order valence-corrected chi connectivity index (χ3v) is 4.74. The number of amides is 1. The molecular weight excluding hydrogens is 402 g/mol. The number of hydrogen-bond acceptors (Lipinski definition) is 5. The summed E-state index contributed by atoms with van der Waals surface area (Å²) in [5.41, 5.74) is 2.32. The first kappa shape index (κ1) is 17.6. The summed E-state index contributed by atoms with van der Waals surface area (Å²) in [5, 5.41) is 3.39. The Kier molecular flexibility index (Phi) is 5.45. The molecule has 0 saturated heterocycles. The van der Waals surface area contributed by atoms with E-state index in [4.69, 9.17) is 4.74 Å². The number of pyridine rings is 1. The Bertz CT molecular complexity index is 894. The molecule has 0 aliphatic carbocycles. The highest BCUT2D eigenvalue weighted by molar-refractivity contribution is 9.10. The zero-order chi connectivity index (χ0) is 17.8. The largest absolute Gasteiger partial charge is 0.494 e. The average molecular weight is 418 g/mol. The number of anilines is 1. The summed E-state index contributed by atoms with van der Waals surface area (Å²) in [6.07, 6.45) is 3.16. The molecule has 2 heterocycles.